The smallest absolute Gasteiger partial charge is 0.164 e. The van der Waals surface area contributed by atoms with E-state index in [9.17, 15) is 0 Å². The molecule has 0 bridgehead atoms. The third kappa shape index (κ3) is 4.95. The number of furan rings is 1. The first-order chi connectivity index (χ1) is 24.7. The van der Waals surface area contributed by atoms with Gasteiger partial charge >= 0.3 is 0 Å². The van der Waals surface area contributed by atoms with Crippen molar-refractivity contribution in [1.82, 2.24) is 15.0 Å². The predicted molar refractivity (Wildman–Crippen MR) is 207 cm³/mol. The second kappa shape index (κ2) is 11.6. The molecule has 0 N–H and O–H groups in total. The van der Waals surface area contributed by atoms with Crippen LogP contribution in [-0.2, 0) is 0 Å². The molecule has 0 amide bonds. The molecule has 234 valence electrons. The van der Waals surface area contributed by atoms with Crippen LogP contribution >= 0.6 is 11.3 Å². The van der Waals surface area contributed by atoms with Crippen LogP contribution in [0.2, 0.25) is 0 Å². The van der Waals surface area contributed by atoms with Crippen molar-refractivity contribution in [3.05, 3.63) is 164 Å². The second-order valence-corrected chi connectivity index (χ2v) is 13.5. The van der Waals surface area contributed by atoms with Gasteiger partial charge in [0, 0.05) is 47.6 Å². The SMILES string of the molecule is c1ccc(-c2cccc(-c3ccc4sc5cc(-c6nc(-c7ccccc7)nc(-c7ccc8c(c7)oc7ccccc78)n6)ccc5c4c3)c2)cc1. The van der Waals surface area contributed by atoms with Crippen LogP contribution in [-0.4, -0.2) is 15.0 Å². The summed E-state index contributed by atoms with van der Waals surface area (Å²) in [6, 6.07) is 57.1. The van der Waals surface area contributed by atoms with Gasteiger partial charge in [-0.15, -0.1) is 11.3 Å². The van der Waals surface area contributed by atoms with Gasteiger partial charge in [-0.1, -0.05) is 121 Å². The summed E-state index contributed by atoms with van der Waals surface area (Å²) in [4.78, 5) is 15.0. The third-order valence-electron chi connectivity index (χ3n) is 9.34. The van der Waals surface area contributed by atoms with Crippen molar-refractivity contribution < 1.29 is 4.42 Å². The molecule has 0 radical (unpaired) electrons. The average molecular weight is 658 g/mol. The fourth-order valence-corrected chi connectivity index (χ4v) is 7.95. The number of thiophene rings is 1. The average Bonchev–Trinajstić information content (AvgIpc) is 3.75. The van der Waals surface area contributed by atoms with E-state index in [4.69, 9.17) is 19.4 Å². The molecule has 3 heterocycles. The predicted octanol–water partition coefficient (Wildman–Crippen LogP) is 12.5. The van der Waals surface area contributed by atoms with Crippen molar-refractivity contribution in [2.75, 3.05) is 0 Å². The summed E-state index contributed by atoms with van der Waals surface area (Å²) in [5, 5.41) is 4.64. The maximum Gasteiger partial charge on any atom is 0.164 e. The van der Waals surface area contributed by atoms with Crippen LogP contribution in [0.1, 0.15) is 0 Å². The van der Waals surface area contributed by atoms with Gasteiger partial charge in [-0.3, -0.25) is 0 Å². The lowest BCUT2D eigenvalue weighted by Crippen LogP contribution is -2.00. The molecule has 0 spiro atoms. The zero-order valence-electron chi connectivity index (χ0n) is 26.7. The third-order valence-corrected chi connectivity index (χ3v) is 10.5. The standard InChI is InChI=1S/C45H27N3OS/c1-3-10-28(11-4-1)30-14-9-15-31(24-30)32-20-23-41-38(25-32)37-22-19-34(27-42(37)50-41)45-47-43(29-12-5-2-6-13-29)46-44(48-45)33-18-21-36-35-16-7-8-17-39(35)49-40(36)26-33/h1-27H. The highest BCUT2D eigenvalue weighted by atomic mass is 32.1. The lowest BCUT2D eigenvalue weighted by Gasteiger charge is -2.09. The van der Waals surface area contributed by atoms with Crippen LogP contribution in [0.5, 0.6) is 0 Å². The van der Waals surface area contributed by atoms with E-state index in [0.29, 0.717) is 17.5 Å². The number of hydrogen-bond acceptors (Lipinski definition) is 5. The fourth-order valence-electron chi connectivity index (χ4n) is 6.82. The second-order valence-electron chi connectivity index (χ2n) is 12.5. The first-order valence-corrected chi connectivity index (χ1v) is 17.4. The summed E-state index contributed by atoms with van der Waals surface area (Å²) in [5.41, 5.74) is 9.29. The normalized spacial score (nSPS) is 11.6. The lowest BCUT2D eigenvalue weighted by molar-refractivity contribution is 0.669. The topological polar surface area (TPSA) is 51.8 Å². The van der Waals surface area contributed by atoms with Crippen molar-refractivity contribution in [3.63, 3.8) is 0 Å². The molecular weight excluding hydrogens is 631 g/mol. The molecule has 0 saturated carbocycles. The molecule has 0 saturated heterocycles. The van der Waals surface area contributed by atoms with Gasteiger partial charge in [0.2, 0.25) is 0 Å². The van der Waals surface area contributed by atoms with Gasteiger partial charge in [-0.2, -0.15) is 0 Å². The summed E-state index contributed by atoms with van der Waals surface area (Å²) >= 11 is 1.80. The molecule has 0 aliphatic rings. The van der Waals surface area contributed by atoms with Gasteiger partial charge < -0.3 is 4.42 Å². The van der Waals surface area contributed by atoms with E-state index >= 15 is 0 Å². The van der Waals surface area contributed by atoms with Gasteiger partial charge in [0.1, 0.15) is 11.2 Å². The molecule has 0 unspecified atom stereocenters. The molecule has 50 heavy (non-hydrogen) atoms. The maximum atomic E-state index is 6.21. The summed E-state index contributed by atoms with van der Waals surface area (Å²) in [6.07, 6.45) is 0. The van der Waals surface area contributed by atoms with Gasteiger partial charge in [-0.25, -0.2) is 15.0 Å². The molecule has 3 aromatic heterocycles. The van der Waals surface area contributed by atoms with Gasteiger partial charge in [0.25, 0.3) is 0 Å². The number of hydrogen-bond donors (Lipinski definition) is 0. The monoisotopic (exact) mass is 657 g/mol. The first-order valence-electron chi connectivity index (χ1n) is 16.6. The Kier molecular flexibility index (Phi) is 6.64. The minimum absolute atomic E-state index is 0.607. The van der Waals surface area contributed by atoms with Crippen molar-refractivity contribution >= 4 is 53.4 Å². The Labute approximate surface area is 292 Å². The largest absolute Gasteiger partial charge is 0.456 e. The van der Waals surface area contributed by atoms with Crippen molar-refractivity contribution in [2.45, 2.75) is 0 Å². The number of aromatic nitrogens is 3. The molecule has 0 atom stereocenters. The molecule has 0 aliphatic heterocycles. The Morgan fingerprint density at radius 2 is 0.880 bits per heavy atom. The highest BCUT2D eigenvalue weighted by Crippen LogP contribution is 2.39. The van der Waals surface area contributed by atoms with Crippen molar-refractivity contribution in [3.8, 4) is 56.4 Å². The molecule has 7 aromatic carbocycles. The summed E-state index contributed by atoms with van der Waals surface area (Å²) < 4.78 is 8.66. The zero-order chi connectivity index (χ0) is 33.0. The Morgan fingerprint density at radius 3 is 1.66 bits per heavy atom. The zero-order valence-corrected chi connectivity index (χ0v) is 27.6. The Hall–Kier alpha value is -6.43. The van der Waals surface area contributed by atoms with E-state index in [2.05, 4.69) is 109 Å². The summed E-state index contributed by atoms with van der Waals surface area (Å²) in [5.74, 6) is 1.88. The van der Waals surface area contributed by atoms with E-state index in [1.165, 1.54) is 42.4 Å². The first kappa shape index (κ1) is 28.6. The van der Waals surface area contributed by atoms with E-state index in [1.807, 2.05) is 54.6 Å². The Bertz CT molecular complexity index is 2870. The van der Waals surface area contributed by atoms with Crippen LogP contribution in [0.3, 0.4) is 0 Å². The molecule has 4 nitrogen and oxygen atoms in total. The van der Waals surface area contributed by atoms with Crippen LogP contribution in [0.4, 0.5) is 0 Å². The molecular formula is C45H27N3OS. The van der Waals surface area contributed by atoms with E-state index in [1.54, 1.807) is 11.3 Å². The van der Waals surface area contributed by atoms with E-state index < -0.39 is 0 Å². The van der Waals surface area contributed by atoms with Crippen molar-refractivity contribution in [2.24, 2.45) is 0 Å². The fraction of sp³-hybridized carbons (Fsp3) is 0. The van der Waals surface area contributed by atoms with Gasteiger partial charge in [0.05, 0.1) is 0 Å². The molecule has 10 rings (SSSR count). The number of para-hydroxylation sites is 1. The Morgan fingerprint density at radius 1 is 0.320 bits per heavy atom. The van der Waals surface area contributed by atoms with E-state index in [-0.39, 0.29) is 0 Å². The van der Waals surface area contributed by atoms with Crippen LogP contribution in [0, 0.1) is 0 Å². The minimum atomic E-state index is 0.607. The Balaban J connectivity index is 1.07. The summed E-state index contributed by atoms with van der Waals surface area (Å²) in [7, 11) is 0. The number of fused-ring (bicyclic) bond motifs is 6. The summed E-state index contributed by atoms with van der Waals surface area (Å²) in [6.45, 7) is 0. The van der Waals surface area contributed by atoms with Crippen LogP contribution in [0.25, 0.3) is 98.5 Å². The maximum absolute atomic E-state index is 6.21. The van der Waals surface area contributed by atoms with Crippen LogP contribution in [0.15, 0.2) is 168 Å². The lowest BCUT2D eigenvalue weighted by atomic mass is 9.98. The quantitative estimate of drug-likeness (QED) is 0.185. The minimum Gasteiger partial charge on any atom is -0.456 e. The number of nitrogens with zero attached hydrogens (tertiary/aromatic N) is 3. The molecule has 0 fully saturated rings. The van der Waals surface area contributed by atoms with Gasteiger partial charge in [-0.05, 0) is 64.7 Å². The number of benzene rings is 7. The molecule has 10 aromatic rings. The molecule has 0 aliphatic carbocycles. The van der Waals surface area contributed by atoms with Crippen LogP contribution < -0.4 is 0 Å². The van der Waals surface area contributed by atoms with E-state index in [0.717, 1.165) is 38.6 Å². The number of rotatable bonds is 5. The highest BCUT2D eigenvalue weighted by Gasteiger charge is 2.16. The van der Waals surface area contributed by atoms with Gasteiger partial charge in [0.15, 0.2) is 17.5 Å². The highest BCUT2D eigenvalue weighted by molar-refractivity contribution is 7.25. The molecule has 5 heteroatoms. The van der Waals surface area contributed by atoms with Crippen molar-refractivity contribution in [1.29, 1.82) is 0 Å².